The molecular weight excluding hydrogens is 222 g/mol. The molecule has 0 unspecified atom stereocenters. The maximum absolute atomic E-state index is 11.7. The lowest BCUT2D eigenvalue weighted by Gasteiger charge is -2.11. The van der Waals surface area contributed by atoms with Gasteiger partial charge in [-0.1, -0.05) is 0 Å². The quantitative estimate of drug-likeness (QED) is 0.719. The van der Waals surface area contributed by atoms with Crippen LogP contribution in [0.4, 0.5) is 0 Å². The molecule has 17 heavy (non-hydrogen) atoms. The summed E-state index contributed by atoms with van der Waals surface area (Å²) in [6.45, 7) is 2.16. The van der Waals surface area contributed by atoms with Crippen LogP contribution in [0.25, 0.3) is 6.08 Å². The Balaban J connectivity index is 1.96. The van der Waals surface area contributed by atoms with Gasteiger partial charge in [0, 0.05) is 19.2 Å². The lowest BCUT2D eigenvalue weighted by atomic mass is 10.3. The average molecular weight is 237 g/mol. The SMILES string of the molecule is Cc1ccc(C=CC(=O)N2C[C@@H](O)[C@@H](O)C2)o1. The van der Waals surface area contributed by atoms with Crippen LogP contribution in [0.1, 0.15) is 11.5 Å². The summed E-state index contributed by atoms with van der Waals surface area (Å²) in [6.07, 6.45) is 1.26. The van der Waals surface area contributed by atoms with Gasteiger partial charge < -0.3 is 19.5 Å². The molecule has 0 radical (unpaired) electrons. The number of β-amino-alcohol motifs (C(OH)–C–C–N with tert-alkyl or cyclic N) is 2. The second-order valence-corrected chi connectivity index (χ2v) is 4.16. The zero-order chi connectivity index (χ0) is 12.4. The van der Waals surface area contributed by atoms with Crippen molar-refractivity contribution >= 4 is 12.0 Å². The minimum Gasteiger partial charge on any atom is -0.462 e. The topological polar surface area (TPSA) is 73.9 Å². The summed E-state index contributed by atoms with van der Waals surface area (Å²) in [4.78, 5) is 13.1. The molecule has 1 aromatic heterocycles. The third kappa shape index (κ3) is 2.75. The summed E-state index contributed by atoms with van der Waals surface area (Å²) in [5.74, 6) is 1.15. The van der Waals surface area contributed by atoms with Crippen LogP contribution in [0.15, 0.2) is 22.6 Å². The number of carbonyl (C=O) groups excluding carboxylic acids is 1. The molecule has 1 aromatic rings. The Morgan fingerprint density at radius 2 is 2.06 bits per heavy atom. The maximum Gasteiger partial charge on any atom is 0.246 e. The molecule has 1 fully saturated rings. The highest BCUT2D eigenvalue weighted by atomic mass is 16.3. The smallest absolute Gasteiger partial charge is 0.246 e. The molecule has 2 N–H and O–H groups in total. The molecule has 92 valence electrons. The van der Waals surface area contributed by atoms with E-state index in [1.54, 1.807) is 12.1 Å². The number of amides is 1. The molecule has 1 aliphatic heterocycles. The van der Waals surface area contributed by atoms with Crippen LogP contribution >= 0.6 is 0 Å². The average Bonchev–Trinajstić information content (AvgIpc) is 2.83. The standard InChI is InChI=1S/C12H15NO4/c1-8-2-3-9(17-8)4-5-12(16)13-6-10(14)11(15)7-13/h2-5,10-11,14-15H,6-7H2,1H3/t10-,11+. The Hall–Kier alpha value is -1.59. The van der Waals surface area contributed by atoms with Gasteiger partial charge in [0.05, 0.1) is 12.2 Å². The third-order valence-corrected chi connectivity index (χ3v) is 2.72. The van der Waals surface area contributed by atoms with Crippen molar-refractivity contribution in [1.82, 2.24) is 4.90 Å². The van der Waals surface area contributed by atoms with Crippen LogP contribution in [0.3, 0.4) is 0 Å². The Bertz CT molecular complexity index is 427. The number of nitrogens with zero attached hydrogens (tertiary/aromatic N) is 1. The van der Waals surface area contributed by atoms with Crippen LogP contribution in [-0.2, 0) is 4.79 Å². The monoisotopic (exact) mass is 237 g/mol. The van der Waals surface area contributed by atoms with Gasteiger partial charge in [-0.25, -0.2) is 0 Å². The van der Waals surface area contributed by atoms with E-state index in [-0.39, 0.29) is 19.0 Å². The van der Waals surface area contributed by atoms with Crippen molar-refractivity contribution in [3.05, 3.63) is 29.7 Å². The molecule has 1 amide bonds. The minimum atomic E-state index is -0.849. The number of furan rings is 1. The van der Waals surface area contributed by atoms with Gasteiger partial charge in [0.1, 0.15) is 11.5 Å². The molecule has 1 saturated heterocycles. The van der Waals surface area contributed by atoms with Crippen molar-refractivity contribution in [2.24, 2.45) is 0 Å². The molecule has 0 bridgehead atoms. The fourth-order valence-electron chi connectivity index (χ4n) is 1.75. The number of aliphatic hydroxyl groups is 2. The van der Waals surface area contributed by atoms with Crippen molar-refractivity contribution < 1.29 is 19.4 Å². The van der Waals surface area contributed by atoms with E-state index in [0.29, 0.717) is 5.76 Å². The molecule has 0 spiro atoms. The van der Waals surface area contributed by atoms with Crippen molar-refractivity contribution in [3.63, 3.8) is 0 Å². The first-order valence-corrected chi connectivity index (χ1v) is 5.46. The molecule has 0 saturated carbocycles. The van der Waals surface area contributed by atoms with Gasteiger partial charge in [0.2, 0.25) is 5.91 Å². The van der Waals surface area contributed by atoms with Crippen molar-refractivity contribution in [2.75, 3.05) is 13.1 Å². The zero-order valence-corrected chi connectivity index (χ0v) is 9.54. The molecule has 2 heterocycles. The highest BCUT2D eigenvalue weighted by molar-refractivity contribution is 5.91. The molecule has 5 nitrogen and oxygen atoms in total. The van der Waals surface area contributed by atoms with Gasteiger partial charge in [-0.3, -0.25) is 4.79 Å². The molecular formula is C12H15NO4. The van der Waals surface area contributed by atoms with Crippen molar-refractivity contribution in [1.29, 1.82) is 0 Å². The van der Waals surface area contributed by atoms with E-state index >= 15 is 0 Å². The van der Waals surface area contributed by atoms with Gasteiger partial charge in [-0.15, -0.1) is 0 Å². The van der Waals surface area contributed by atoms with E-state index in [9.17, 15) is 15.0 Å². The highest BCUT2D eigenvalue weighted by Gasteiger charge is 2.31. The fourth-order valence-corrected chi connectivity index (χ4v) is 1.75. The van der Waals surface area contributed by atoms with Crippen LogP contribution in [0.2, 0.25) is 0 Å². The molecule has 2 atom stereocenters. The zero-order valence-electron chi connectivity index (χ0n) is 9.54. The van der Waals surface area contributed by atoms with Crippen molar-refractivity contribution in [2.45, 2.75) is 19.1 Å². The van der Waals surface area contributed by atoms with E-state index in [0.717, 1.165) is 5.76 Å². The van der Waals surface area contributed by atoms with Crippen LogP contribution < -0.4 is 0 Å². The number of likely N-dealkylation sites (tertiary alicyclic amines) is 1. The van der Waals surface area contributed by atoms with E-state index in [1.165, 1.54) is 11.0 Å². The Kier molecular flexibility index (Phi) is 3.31. The number of rotatable bonds is 2. The van der Waals surface area contributed by atoms with Crippen LogP contribution in [-0.4, -0.2) is 46.3 Å². The third-order valence-electron chi connectivity index (χ3n) is 2.72. The summed E-state index contributed by atoms with van der Waals surface area (Å²) in [6, 6.07) is 3.58. The number of carbonyl (C=O) groups is 1. The second kappa shape index (κ2) is 4.73. The van der Waals surface area contributed by atoms with Crippen molar-refractivity contribution in [3.8, 4) is 0 Å². The van der Waals surface area contributed by atoms with E-state index in [4.69, 9.17) is 4.42 Å². The Morgan fingerprint density at radius 1 is 1.41 bits per heavy atom. The summed E-state index contributed by atoms with van der Waals surface area (Å²) < 4.78 is 5.28. The summed E-state index contributed by atoms with van der Waals surface area (Å²) in [7, 11) is 0. The molecule has 1 aliphatic rings. The Morgan fingerprint density at radius 3 is 2.59 bits per heavy atom. The molecule has 5 heteroatoms. The Labute approximate surface area is 99.0 Å². The fraction of sp³-hybridized carbons (Fsp3) is 0.417. The van der Waals surface area contributed by atoms with Gasteiger partial charge in [0.25, 0.3) is 0 Å². The molecule has 0 aliphatic carbocycles. The van der Waals surface area contributed by atoms with Crippen LogP contribution in [0, 0.1) is 6.92 Å². The summed E-state index contributed by atoms with van der Waals surface area (Å²) in [5, 5.41) is 18.6. The normalized spacial score (nSPS) is 24.8. The van der Waals surface area contributed by atoms with Gasteiger partial charge in [-0.05, 0) is 25.1 Å². The minimum absolute atomic E-state index is 0.168. The number of aliphatic hydroxyl groups excluding tert-OH is 2. The van der Waals surface area contributed by atoms with Gasteiger partial charge in [0.15, 0.2) is 0 Å². The first-order valence-electron chi connectivity index (χ1n) is 5.46. The number of hydrogen-bond acceptors (Lipinski definition) is 4. The molecule has 2 rings (SSSR count). The summed E-state index contributed by atoms with van der Waals surface area (Å²) in [5.41, 5.74) is 0. The first kappa shape index (κ1) is 11.9. The largest absolute Gasteiger partial charge is 0.462 e. The lowest BCUT2D eigenvalue weighted by Crippen LogP contribution is -2.27. The van der Waals surface area contributed by atoms with Gasteiger partial charge >= 0.3 is 0 Å². The van der Waals surface area contributed by atoms with Gasteiger partial charge in [-0.2, -0.15) is 0 Å². The lowest BCUT2D eigenvalue weighted by molar-refractivity contribution is -0.125. The van der Waals surface area contributed by atoms with E-state index in [2.05, 4.69) is 0 Å². The van der Waals surface area contributed by atoms with Crippen LogP contribution in [0.5, 0.6) is 0 Å². The predicted molar refractivity (Wildman–Crippen MR) is 61.1 cm³/mol. The summed E-state index contributed by atoms with van der Waals surface area (Å²) >= 11 is 0. The number of hydrogen-bond donors (Lipinski definition) is 2. The highest BCUT2D eigenvalue weighted by Crippen LogP contribution is 2.12. The predicted octanol–water partition coefficient (Wildman–Crippen LogP) is 0.165. The van der Waals surface area contributed by atoms with E-state index < -0.39 is 12.2 Å². The van der Waals surface area contributed by atoms with E-state index in [1.807, 2.05) is 13.0 Å². The number of aryl methyl sites for hydroxylation is 1. The molecule has 0 aromatic carbocycles. The maximum atomic E-state index is 11.7. The first-order chi connectivity index (χ1) is 8.06. The second-order valence-electron chi connectivity index (χ2n) is 4.16.